The number of hydrazone groups is 1. The molecule has 186 valence electrons. The fourth-order valence-corrected chi connectivity index (χ4v) is 4.35. The minimum absolute atomic E-state index is 0.134. The Labute approximate surface area is 218 Å². The van der Waals surface area contributed by atoms with Gasteiger partial charge in [0.15, 0.2) is 0 Å². The molecule has 0 saturated heterocycles. The molecule has 0 aliphatic carbocycles. The molecule has 0 aliphatic heterocycles. The molecule has 0 spiro atoms. The third-order valence-electron chi connectivity index (χ3n) is 4.98. The van der Waals surface area contributed by atoms with Gasteiger partial charge in [-0.3, -0.25) is 9.52 Å². The Morgan fingerprint density at radius 2 is 1.49 bits per heavy atom. The second kappa shape index (κ2) is 11.5. The van der Waals surface area contributed by atoms with Crippen molar-refractivity contribution in [3.05, 3.63) is 125 Å². The van der Waals surface area contributed by atoms with Crippen molar-refractivity contribution in [3.8, 4) is 5.75 Å². The van der Waals surface area contributed by atoms with Gasteiger partial charge in [0.1, 0.15) is 5.75 Å². The molecule has 4 rings (SSSR count). The Bertz CT molecular complexity index is 1540. The molecule has 1 amide bonds. The van der Waals surface area contributed by atoms with Crippen molar-refractivity contribution in [1.82, 2.24) is 5.43 Å². The summed E-state index contributed by atoms with van der Waals surface area (Å²) in [7, 11) is -3.73. The summed E-state index contributed by atoms with van der Waals surface area (Å²) >= 11 is 5.84. The van der Waals surface area contributed by atoms with Crippen LogP contribution in [0.3, 0.4) is 0 Å². The van der Waals surface area contributed by atoms with Gasteiger partial charge in [-0.25, -0.2) is 18.6 Å². The Kier molecular flexibility index (Phi) is 7.97. The van der Waals surface area contributed by atoms with E-state index in [1.807, 2.05) is 0 Å². The number of halogens is 1. The summed E-state index contributed by atoms with van der Waals surface area (Å²) < 4.78 is 32.7. The third kappa shape index (κ3) is 7.03. The summed E-state index contributed by atoms with van der Waals surface area (Å²) in [5, 5.41) is 4.45. The van der Waals surface area contributed by atoms with Gasteiger partial charge in [-0.15, -0.1) is 0 Å². The second-order valence-electron chi connectivity index (χ2n) is 7.66. The highest BCUT2D eigenvalue weighted by atomic mass is 35.5. The molecule has 37 heavy (non-hydrogen) atoms. The number of carbonyl (C=O) groups is 2. The van der Waals surface area contributed by atoms with Crippen LogP contribution in [0, 0.1) is 0 Å². The maximum atomic E-state index is 12.4. The SMILES string of the molecule is O=C(NN=Cc1cccc(OC(=O)c2ccc(Cl)cc2)c1)c1ccc(NS(=O)(=O)c2ccccc2)cc1. The van der Waals surface area contributed by atoms with Gasteiger partial charge in [-0.2, -0.15) is 5.10 Å². The number of sulfonamides is 1. The number of benzene rings is 4. The fourth-order valence-electron chi connectivity index (χ4n) is 3.14. The van der Waals surface area contributed by atoms with Crippen LogP contribution in [-0.4, -0.2) is 26.5 Å². The van der Waals surface area contributed by atoms with E-state index in [0.717, 1.165) is 0 Å². The van der Waals surface area contributed by atoms with E-state index in [2.05, 4.69) is 15.2 Å². The number of hydrogen-bond donors (Lipinski definition) is 2. The van der Waals surface area contributed by atoms with Gasteiger partial charge in [-0.1, -0.05) is 41.9 Å². The van der Waals surface area contributed by atoms with Crippen LogP contribution < -0.4 is 14.9 Å². The summed E-state index contributed by atoms with van der Waals surface area (Å²) in [5.74, 6) is -0.712. The molecule has 0 heterocycles. The minimum Gasteiger partial charge on any atom is -0.423 e. The summed E-state index contributed by atoms with van der Waals surface area (Å²) in [6, 6.07) is 26.8. The molecular formula is C27H20ClN3O5S. The standard InChI is InChI=1S/C27H20ClN3O5S/c28-22-13-9-21(10-14-22)27(33)36-24-6-4-5-19(17-24)18-29-30-26(32)20-11-15-23(16-12-20)31-37(34,35)25-7-2-1-3-8-25/h1-18,31H,(H,30,32). The molecule has 0 atom stereocenters. The van der Waals surface area contributed by atoms with Gasteiger partial charge in [0.25, 0.3) is 15.9 Å². The van der Waals surface area contributed by atoms with Crippen molar-refractivity contribution >= 4 is 45.4 Å². The maximum Gasteiger partial charge on any atom is 0.343 e. The number of anilines is 1. The zero-order valence-electron chi connectivity index (χ0n) is 19.2. The number of esters is 1. The van der Waals surface area contributed by atoms with Gasteiger partial charge in [0.2, 0.25) is 0 Å². The van der Waals surface area contributed by atoms with E-state index in [-0.39, 0.29) is 10.5 Å². The molecule has 0 unspecified atom stereocenters. The van der Waals surface area contributed by atoms with E-state index in [4.69, 9.17) is 16.3 Å². The summed E-state index contributed by atoms with van der Waals surface area (Å²) in [6.45, 7) is 0. The Balaban J connectivity index is 1.33. The van der Waals surface area contributed by atoms with E-state index >= 15 is 0 Å². The molecule has 8 nitrogen and oxygen atoms in total. The average molecular weight is 534 g/mol. The number of nitrogens with zero attached hydrogens (tertiary/aromatic N) is 1. The van der Waals surface area contributed by atoms with Gasteiger partial charge >= 0.3 is 5.97 Å². The molecule has 0 aliphatic rings. The first kappa shape index (κ1) is 25.6. The monoisotopic (exact) mass is 533 g/mol. The van der Waals surface area contributed by atoms with Crippen molar-refractivity contribution < 1.29 is 22.7 Å². The van der Waals surface area contributed by atoms with Gasteiger partial charge < -0.3 is 4.74 Å². The van der Waals surface area contributed by atoms with E-state index in [1.54, 1.807) is 66.7 Å². The molecule has 0 radical (unpaired) electrons. The highest BCUT2D eigenvalue weighted by Gasteiger charge is 2.14. The molecular weight excluding hydrogens is 514 g/mol. The lowest BCUT2D eigenvalue weighted by Gasteiger charge is -2.08. The van der Waals surface area contributed by atoms with Crippen molar-refractivity contribution in [2.45, 2.75) is 4.90 Å². The molecule has 4 aromatic carbocycles. The molecule has 0 bridgehead atoms. The quantitative estimate of drug-likeness (QED) is 0.141. The van der Waals surface area contributed by atoms with Crippen LogP contribution in [0.5, 0.6) is 5.75 Å². The van der Waals surface area contributed by atoms with Crippen LogP contribution in [-0.2, 0) is 10.0 Å². The minimum atomic E-state index is -3.73. The van der Waals surface area contributed by atoms with E-state index in [0.29, 0.717) is 27.6 Å². The summed E-state index contributed by atoms with van der Waals surface area (Å²) in [4.78, 5) is 24.8. The van der Waals surface area contributed by atoms with Crippen LogP contribution in [0.1, 0.15) is 26.3 Å². The Morgan fingerprint density at radius 1 is 0.811 bits per heavy atom. The number of nitrogens with one attached hydrogen (secondary N) is 2. The van der Waals surface area contributed by atoms with E-state index < -0.39 is 21.9 Å². The van der Waals surface area contributed by atoms with Crippen molar-refractivity contribution in [3.63, 3.8) is 0 Å². The largest absolute Gasteiger partial charge is 0.423 e. The summed E-state index contributed by atoms with van der Waals surface area (Å²) in [6.07, 6.45) is 1.40. The van der Waals surface area contributed by atoms with E-state index in [1.165, 1.54) is 42.6 Å². The zero-order valence-corrected chi connectivity index (χ0v) is 20.7. The first-order chi connectivity index (χ1) is 17.8. The number of carbonyl (C=O) groups excluding carboxylic acids is 2. The van der Waals surface area contributed by atoms with Crippen LogP contribution in [0.4, 0.5) is 5.69 Å². The lowest BCUT2D eigenvalue weighted by Crippen LogP contribution is -2.18. The van der Waals surface area contributed by atoms with Crippen LogP contribution >= 0.6 is 11.6 Å². The average Bonchev–Trinajstić information content (AvgIpc) is 2.90. The maximum absolute atomic E-state index is 12.4. The van der Waals surface area contributed by atoms with Crippen LogP contribution in [0.2, 0.25) is 5.02 Å². The lowest BCUT2D eigenvalue weighted by molar-refractivity contribution is 0.0734. The molecule has 2 N–H and O–H groups in total. The van der Waals surface area contributed by atoms with Crippen molar-refractivity contribution in [2.24, 2.45) is 5.10 Å². The highest BCUT2D eigenvalue weighted by molar-refractivity contribution is 7.92. The van der Waals surface area contributed by atoms with Gasteiger partial charge in [-0.05, 0) is 78.4 Å². The topological polar surface area (TPSA) is 114 Å². The third-order valence-corrected chi connectivity index (χ3v) is 6.63. The van der Waals surface area contributed by atoms with Gasteiger partial charge in [0, 0.05) is 16.3 Å². The normalized spacial score (nSPS) is 11.2. The molecule has 0 fully saturated rings. The first-order valence-corrected chi connectivity index (χ1v) is 12.8. The smallest absolute Gasteiger partial charge is 0.343 e. The Hall–Kier alpha value is -4.47. The predicted molar refractivity (Wildman–Crippen MR) is 142 cm³/mol. The fraction of sp³-hybridized carbons (Fsp3) is 0. The second-order valence-corrected chi connectivity index (χ2v) is 9.78. The molecule has 4 aromatic rings. The number of amides is 1. The first-order valence-electron chi connectivity index (χ1n) is 10.9. The van der Waals surface area contributed by atoms with Crippen molar-refractivity contribution in [2.75, 3.05) is 4.72 Å². The van der Waals surface area contributed by atoms with Crippen molar-refractivity contribution in [1.29, 1.82) is 0 Å². The summed E-state index contributed by atoms with van der Waals surface area (Å²) in [5.41, 5.74) is 3.95. The van der Waals surface area contributed by atoms with Crippen LogP contribution in [0.25, 0.3) is 0 Å². The lowest BCUT2D eigenvalue weighted by atomic mass is 10.2. The zero-order chi connectivity index (χ0) is 26.3. The number of rotatable bonds is 8. The molecule has 0 saturated carbocycles. The number of hydrogen-bond acceptors (Lipinski definition) is 6. The number of ether oxygens (including phenoxy) is 1. The predicted octanol–water partition coefficient (Wildman–Crippen LogP) is 5.12. The van der Waals surface area contributed by atoms with E-state index in [9.17, 15) is 18.0 Å². The van der Waals surface area contributed by atoms with Gasteiger partial charge in [0.05, 0.1) is 16.7 Å². The Morgan fingerprint density at radius 3 is 2.19 bits per heavy atom. The molecule has 10 heteroatoms. The molecule has 0 aromatic heterocycles. The van der Waals surface area contributed by atoms with Crippen LogP contribution in [0.15, 0.2) is 113 Å². The highest BCUT2D eigenvalue weighted by Crippen LogP contribution is 2.17.